The second-order valence-electron chi connectivity index (χ2n) is 1.72. The highest BCUT2D eigenvalue weighted by atomic mass is 16.5. The van der Waals surface area contributed by atoms with Gasteiger partial charge in [-0.2, -0.15) is 0 Å². The molecule has 0 fully saturated rings. The second-order valence-corrected chi connectivity index (χ2v) is 1.72. The number of rotatable bonds is 3. The summed E-state index contributed by atoms with van der Waals surface area (Å²) in [4.78, 5) is 12.6. The predicted octanol–water partition coefficient (Wildman–Crippen LogP) is -0.655. The van der Waals surface area contributed by atoms with E-state index in [0.717, 1.165) is 6.92 Å². The Labute approximate surface area is 71.2 Å². The molecule has 72 valence electrons. The molecule has 5 N–H and O–H groups in total. The van der Waals surface area contributed by atoms with E-state index in [9.17, 15) is 0 Å². The molecule has 6 nitrogen and oxygen atoms in total. The summed E-state index contributed by atoms with van der Waals surface area (Å²) in [5.74, 6) is -0.765. The molecule has 0 aliphatic rings. The zero-order valence-electron chi connectivity index (χ0n) is 7.28. The number of carbonyl (C=O) groups is 1. The molecule has 0 aliphatic heterocycles. The van der Waals surface area contributed by atoms with Gasteiger partial charge in [-0.1, -0.05) is 0 Å². The number of hydrogen-bond donors (Lipinski definition) is 3. The van der Waals surface area contributed by atoms with Crippen LogP contribution in [0.15, 0.2) is 4.99 Å². The quantitative estimate of drug-likeness (QED) is 0.301. The lowest BCUT2D eigenvalue weighted by atomic mass is 10.9. The first-order valence-corrected chi connectivity index (χ1v) is 3.33. The van der Waals surface area contributed by atoms with Crippen molar-refractivity contribution in [1.82, 2.24) is 0 Å². The predicted molar refractivity (Wildman–Crippen MR) is 45.6 cm³/mol. The number of ether oxygens (including phenoxy) is 1. The van der Waals surface area contributed by atoms with Gasteiger partial charge in [0.2, 0.25) is 0 Å². The van der Waals surface area contributed by atoms with Gasteiger partial charge in [0.1, 0.15) is 6.73 Å². The maximum Gasteiger partial charge on any atom is 0.300 e. The molecule has 0 aromatic rings. The summed E-state index contributed by atoms with van der Waals surface area (Å²) >= 11 is 0. The van der Waals surface area contributed by atoms with Crippen molar-refractivity contribution in [3.63, 3.8) is 0 Å². The highest BCUT2D eigenvalue weighted by molar-refractivity contribution is 5.75. The first kappa shape index (κ1) is 13.3. The van der Waals surface area contributed by atoms with E-state index in [1.54, 1.807) is 0 Å². The monoisotopic (exact) mass is 177 g/mol. The molecule has 0 radical (unpaired) electrons. The minimum absolute atomic E-state index is 0.0680. The van der Waals surface area contributed by atoms with E-state index in [1.165, 1.54) is 0 Å². The SMILES string of the molecule is CC(=O)O.CCOCN=C(N)N. The van der Waals surface area contributed by atoms with Crippen LogP contribution < -0.4 is 11.5 Å². The van der Waals surface area contributed by atoms with Gasteiger partial charge in [0.05, 0.1) is 0 Å². The van der Waals surface area contributed by atoms with E-state index >= 15 is 0 Å². The number of nitrogens with two attached hydrogens (primary N) is 2. The third-order valence-electron chi connectivity index (χ3n) is 0.543. The van der Waals surface area contributed by atoms with Gasteiger partial charge < -0.3 is 21.3 Å². The van der Waals surface area contributed by atoms with Gasteiger partial charge in [-0.15, -0.1) is 0 Å². The van der Waals surface area contributed by atoms with Crippen molar-refractivity contribution in [2.24, 2.45) is 16.5 Å². The number of carboxylic acids is 1. The fourth-order valence-electron chi connectivity index (χ4n) is 0.211. The normalized spacial score (nSPS) is 7.83. The number of aliphatic imine (C=N–C) groups is 1. The fourth-order valence-corrected chi connectivity index (χ4v) is 0.211. The van der Waals surface area contributed by atoms with Crippen LogP contribution in [0.25, 0.3) is 0 Å². The first-order chi connectivity index (χ1) is 5.50. The Hall–Kier alpha value is -1.30. The van der Waals surface area contributed by atoms with Crippen molar-refractivity contribution in [2.45, 2.75) is 13.8 Å². The molecule has 0 saturated carbocycles. The highest BCUT2D eigenvalue weighted by Gasteiger charge is 1.77. The largest absolute Gasteiger partial charge is 0.481 e. The Bertz CT molecular complexity index is 139. The maximum atomic E-state index is 9.00. The van der Waals surface area contributed by atoms with E-state index < -0.39 is 5.97 Å². The van der Waals surface area contributed by atoms with Crippen molar-refractivity contribution < 1.29 is 14.6 Å². The molecule has 0 heterocycles. The number of hydrogen-bond acceptors (Lipinski definition) is 3. The molecule has 0 spiro atoms. The minimum Gasteiger partial charge on any atom is -0.481 e. The molecule has 0 aromatic heterocycles. The Kier molecular flexibility index (Phi) is 10.8. The van der Waals surface area contributed by atoms with Crippen LogP contribution in [0.5, 0.6) is 0 Å². The number of carboxylic acid groups (broad SMARTS) is 1. The lowest BCUT2D eigenvalue weighted by Crippen LogP contribution is -2.23. The molecule has 12 heavy (non-hydrogen) atoms. The lowest BCUT2D eigenvalue weighted by Gasteiger charge is -1.92. The molecule has 0 saturated heterocycles. The van der Waals surface area contributed by atoms with Crippen molar-refractivity contribution in [3.8, 4) is 0 Å². The maximum absolute atomic E-state index is 9.00. The third kappa shape index (κ3) is 37.7. The van der Waals surface area contributed by atoms with E-state index in [1.807, 2.05) is 6.92 Å². The van der Waals surface area contributed by atoms with Crippen LogP contribution in [0.1, 0.15) is 13.8 Å². The molecular weight excluding hydrogens is 162 g/mol. The first-order valence-electron chi connectivity index (χ1n) is 3.33. The van der Waals surface area contributed by atoms with Crippen LogP contribution in [0, 0.1) is 0 Å². The van der Waals surface area contributed by atoms with Crippen LogP contribution in [0.3, 0.4) is 0 Å². The van der Waals surface area contributed by atoms with Crippen molar-refractivity contribution in [1.29, 1.82) is 0 Å². The topological polar surface area (TPSA) is 111 Å². The Morgan fingerprint density at radius 3 is 2.25 bits per heavy atom. The molecule has 0 atom stereocenters. The van der Waals surface area contributed by atoms with Gasteiger partial charge >= 0.3 is 0 Å². The van der Waals surface area contributed by atoms with Gasteiger partial charge in [-0.3, -0.25) is 4.79 Å². The summed E-state index contributed by atoms with van der Waals surface area (Å²) in [6.45, 7) is 3.86. The van der Waals surface area contributed by atoms with E-state index in [0.29, 0.717) is 6.61 Å². The van der Waals surface area contributed by atoms with Crippen molar-refractivity contribution in [2.75, 3.05) is 13.3 Å². The minimum atomic E-state index is -0.833. The zero-order chi connectivity index (χ0) is 9.98. The molecule has 0 aromatic carbocycles. The van der Waals surface area contributed by atoms with Crippen LogP contribution in [0.4, 0.5) is 0 Å². The van der Waals surface area contributed by atoms with E-state index in [4.69, 9.17) is 26.1 Å². The second kappa shape index (κ2) is 9.70. The Balaban J connectivity index is 0. The van der Waals surface area contributed by atoms with E-state index in [-0.39, 0.29) is 12.7 Å². The molecule has 0 bridgehead atoms. The average molecular weight is 177 g/mol. The standard InChI is InChI=1S/C4H11N3O.C2H4O2/c1-2-8-3-7-4(5)6;1-2(3)4/h2-3H2,1H3,(H4,5,6,7);1H3,(H,3,4). The third-order valence-corrected chi connectivity index (χ3v) is 0.543. The Morgan fingerprint density at radius 1 is 1.58 bits per heavy atom. The van der Waals surface area contributed by atoms with Gasteiger partial charge in [-0.05, 0) is 6.92 Å². The lowest BCUT2D eigenvalue weighted by molar-refractivity contribution is -0.134. The molecule has 0 amide bonds. The summed E-state index contributed by atoms with van der Waals surface area (Å²) < 4.78 is 4.80. The number of nitrogens with zero attached hydrogens (tertiary/aromatic N) is 1. The molecule has 0 aliphatic carbocycles. The molecule has 0 unspecified atom stereocenters. The van der Waals surface area contributed by atoms with Gasteiger partial charge in [0.25, 0.3) is 5.97 Å². The summed E-state index contributed by atoms with van der Waals surface area (Å²) in [6, 6.07) is 0. The summed E-state index contributed by atoms with van der Waals surface area (Å²) in [5.41, 5.74) is 9.96. The number of aliphatic carboxylic acids is 1. The van der Waals surface area contributed by atoms with Gasteiger partial charge in [0, 0.05) is 13.5 Å². The molecule has 0 rings (SSSR count). The summed E-state index contributed by atoms with van der Waals surface area (Å²) in [7, 11) is 0. The molecular formula is C6H15N3O3. The van der Waals surface area contributed by atoms with E-state index in [2.05, 4.69) is 4.99 Å². The smallest absolute Gasteiger partial charge is 0.300 e. The summed E-state index contributed by atoms with van der Waals surface area (Å²) in [5, 5.41) is 7.42. The highest BCUT2D eigenvalue weighted by Crippen LogP contribution is 1.71. The molecule has 6 heteroatoms. The van der Waals surface area contributed by atoms with Crippen LogP contribution in [-0.4, -0.2) is 30.4 Å². The van der Waals surface area contributed by atoms with Gasteiger partial charge in [0.15, 0.2) is 5.96 Å². The fraction of sp³-hybridized carbons (Fsp3) is 0.667. The van der Waals surface area contributed by atoms with Crippen LogP contribution >= 0.6 is 0 Å². The zero-order valence-corrected chi connectivity index (χ0v) is 7.28. The number of guanidine groups is 1. The summed E-state index contributed by atoms with van der Waals surface area (Å²) in [6.07, 6.45) is 0. The van der Waals surface area contributed by atoms with Crippen molar-refractivity contribution in [3.05, 3.63) is 0 Å². The van der Waals surface area contributed by atoms with Gasteiger partial charge in [-0.25, -0.2) is 4.99 Å². The van der Waals surface area contributed by atoms with Crippen LogP contribution in [-0.2, 0) is 9.53 Å². The van der Waals surface area contributed by atoms with Crippen LogP contribution in [0.2, 0.25) is 0 Å². The Morgan fingerprint density at radius 2 is 2.00 bits per heavy atom. The van der Waals surface area contributed by atoms with Crippen molar-refractivity contribution >= 4 is 11.9 Å². The average Bonchev–Trinajstić information content (AvgIpc) is 1.86.